The monoisotopic (exact) mass is 469 g/mol. The van der Waals surface area contributed by atoms with Crippen molar-refractivity contribution in [2.24, 2.45) is 0 Å². The number of nitrogens with two attached hydrogens (primary N) is 1. The molecule has 4 N–H and O–H groups in total. The fourth-order valence-electron chi connectivity index (χ4n) is 3.62. The topological polar surface area (TPSA) is 125 Å². The summed E-state index contributed by atoms with van der Waals surface area (Å²) >= 11 is 0. The lowest BCUT2D eigenvalue weighted by atomic mass is 10.1. The number of aromatic nitrogens is 5. The van der Waals surface area contributed by atoms with Crippen LogP contribution >= 0.6 is 0 Å². The molecule has 3 heterocycles. The van der Waals surface area contributed by atoms with Crippen molar-refractivity contribution < 1.29 is 4.52 Å². The molecule has 0 aliphatic rings. The third-order valence-corrected chi connectivity index (χ3v) is 5.83. The molecule has 0 saturated carbocycles. The van der Waals surface area contributed by atoms with Crippen LogP contribution in [0.2, 0.25) is 0 Å². The summed E-state index contributed by atoms with van der Waals surface area (Å²) in [7, 11) is 0. The van der Waals surface area contributed by atoms with Gasteiger partial charge in [-0.05, 0) is 37.9 Å². The number of anilines is 4. The van der Waals surface area contributed by atoms with Gasteiger partial charge in [-0.2, -0.15) is 15.1 Å². The molecule has 3 aromatic heterocycles. The van der Waals surface area contributed by atoms with Gasteiger partial charge >= 0.3 is 0 Å². The molecule has 0 unspecified atom stereocenters. The van der Waals surface area contributed by atoms with Gasteiger partial charge in [-0.15, -0.1) is 0 Å². The first-order valence-corrected chi connectivity index (χ1v) is 12.2. The Hall–Kier alpha value is -3.14. The van der Waals surface area contributed by atoms with Crippen LogP contribution in [-0.4, -0.2) is 56.4 Å². The Morgan fingerprint density at radius 3 is 2.38 bits per heavy atom. The number of rotatable bonds is 13. The van der Waals surface area contributed by atoms with E-state index in [0.717, 1.165) is 55.6 Å². The quantitative estimate of drug-likeness (QED) is 0.332. The second kappa shape index (κ2) is 11.8. The number of hydrogen-bond donors (Lipinski definition) is 3. The highest BCUT2D eigenvalue weighted by atomic mass is 16.5. The van der Waals surface area contributed by atoms with Crippen molar-refractivity contribution in [2.75, 3.05) is 42.1 Å². The summed E-state index contributed by atoms with van der Waals surface area (Å²) in [5, 5.41) is 15.0. The van der Waals surface area contributed by atoms with Crippen molar-refractivity contribution in [1.29, 1.82) is 0 Å². The smallest absolute Gasteiger partial charge is 0.227 e. The fraction of sp³-hybridized carbons (Fsp3) is 0.583. The van der Waals surface area contributed by atoms with E-state index in [0.29, 0.717) is 36.0 Å². The summed E-state index contributed by atoms with van der Waals surface area (Å²) in [5.74, 6) is 3.74. The number of nitrogens with zero attached hydrogens (tertiary/aromatic N) is 6. The summed E-state index contributed by atoms with van der Waals surface area (Å²) in [6.45, 7) is 17.1. The van der Waals surface area contributed by atoms with Gasteiger partial charge in [-0.1, -0.05) is 46.7 Å². The maximum atomic E-state index is 6.17. The Labute approximate surface area is 202 Å². The van der Waals surface area contributed by atoms with Crippen LogP contribution in [0.4, 0.5) is 23.4 Å². The van der Waals surface area contributed by atoms with E-state index in [4.69, 9.17) is 15.2 Å². The first-order chi connectivity index (χ1) is 16.3. The normalized spacial score (nSPS) is 11.7. The van der Waals surface area contributed by atoms with Gasteiger partial charge in [0, 0.05) is 30.4 Å². The predicted octanol–water partition coefficient (Wildman–Crippen LogP) is 4.50. The highest BCUT2D eigenvalue weighted by Crippen LogP contribution is 2.27. The predicted molar refractivity (Wildman–Crippen MR) is 136 cm³/mol. The Morgan fingerprint density at radius 1 is 1.00 bits per heavy atom. The third-order valence-electron chi connectivity index (χ3n) is 5.83. The molecule has 3 rings (SSSR count). The highest BCUT2D eigenvalue weighted by molar-refractivity contribution is 5.61. The summed E-state index contributed by atoms with van der Waals surface area (Å²) in [6, 6.07) is 5.81. The van der Waals surface area contributed by atoms with E-state index in [1.165, 1.54) is 0 Å². The van der Waals surface area contributed by atoms with Crippen LogP contribution < -0.4 is 16.0 Å². The average molecular weight is 470 g/mol. The standard InChI is InChI=1S/C24H39N9O/c1-7-32(8-2)10-9-11-33(23-13-19(16(3)4)29-30-23)22-14-21(25)27-24(28-22)26-15-18-12-20(17(5)6)31-34-18/h12-14,16-17H,7-11,15H2,1-6H3,(H,29,30)(H3,25,26,27,28). The SMILES string of the molecule is CCN(CC)CCCN(c1cc(C(C)C)[nH]n1)c1cc(N)nc(NCc2cc(C(C)C)no2)n1. The van der Waals surface area contributed by atoms with Crippen molar-refractivity contribution in [3.63, 3.8) is 0 Å². The number of hydrogen-bond acceptors (Lipinski definition) is 9. The van der Waals surface area contributed by atoms with Gasteiger partial charge in [0.2, 0.25) is 5.95 Å². The molecular weight excluding hydrogens is 430 g/mol. The molecule has 0 fully saturated rings. The maximum absolute atomic E-state index is 6.17. The van der Waals surface area contributed by atoms with Crippen molar-refractivity contribution in [1.82, 2.24) is 30.2 Å². The molecule has 34 heavy (non-hydrogen) atoms. The Bertz CT molecular complexity index is 1020. The maximum Gasteiger partial charge on any atom is 0.227 e. The van der Waals surface area contributed by atoms with E-state index in [9.17, 15) is 0 Å². The zero-order valence-electron chi connectivity index (χ0n) is 21.3. The summed E-state index contributed by atoms with van der Waals surface area (Å²) in [5.41, 5.74) is 8.17. The Morgan fingerprint density at radius 2 is 1.76 bits per heavy atom. The molecule has 186 valence electrons. The van der Waals surface area contributed by atoms with Crippen LogP contribution in [0.5, 0.6) is 0 Å². The molecule has 0 aromatic carbocycles. The van der Waals surface area contributed by atoms with Crippen molar-refractivity contribution in [3.8, 4) is 0 Å². The van der Waals surface area contributed by atoms with Gasteiger partial charge in [0.05, 0.1) is 12.2 Å². The molecule has 10 nitrogen and oxygen atoms in total. The lowest BCUT2D eigenvalue weighted by Crippen LogP contribution is -2.28. The molecule has 0 aliphatic heterocycles. The molecule has 3 aromatic rings. The van der Waals surface area contributed by atoms with Crippen LogP contribution in [0.15, 0.2) is 22.7 Å². The zero-order valence-corrected chi connectivity index (χ0v) is 21.3. The van der Waals surface area contributed by atoms with Crippen LogP contribution in [0, 0.1) is 0 Å². The van der Waals surface area contributed by atoms with E-state index < -0.39 is 0 Å². The average Bonchev–Trinajstić information content (AvgIpc) is 3.48. The minimum absolute atomic E-state index is 0.308. The molecule has 0 bridgehead atoms. The molecule has 0 spiro atoms. The van der Waals surface area contributed by atoms with Gasteiger partial charge in [0.1, 0.15) is 11.6 Å². The van der Waals surface area contributed by atoms with Gasteiger partial charge in [-0.25, -0.2) is 0 Å². The van der Waals surface area contributed by atoms with Gasteiger partial charge in [0.15, 0.2) is 11.6 Å². The lowest BCUT2D eigenvalue weighted by Gasteiger charge is -2.24. The van der Waals surface area contributed by atoms with E-state index in [1.54, 1.807) is 6.07 Å². The minimum Gasteiger partial charge on any atom is -0.383 e. The molecule has 0 aliphatic carbocycles. The van der Waals surface area contributed by atoms with E-state index >= 15 is 0 Å². The third kappa shape index (κ3) is 6.69. The number of aromatic amines is 1. The van der Waals surface area contributed by atoms with Crippen LogP contribution in [0.1, 0.15) is 76.9 Å². The first kappa shape index (κ1) is 25.5. The van der Waals surface area contributed by atoms with E-state index in [1.807, 2.05) is 6.07 Å². The van der Waals surface area contributed by atoms with Gasteiger partial charge in [0.25, 0.3) is 0 Å². The number of nitrogens with one attached hydrogen (secondary N) is 2. The fourth-order valence-corrected chi connectivity index (χ4v) is 3.62. The zero-order chi connectivity index (χ0) is 24.7. The van der Waals surface area contributed by atoms with Crippen LogP contribution in [0.25, 0.3) is 0 Å². The summed E-state index contributed by atoms with van der Waals surface area (Å²) < 4.78 is 5.42. The number of nitrogen functional groups attached to an aromatic ring is 1. The second-order valence-corrected chi connectivity index (χ2v) is 9.07. The van der Waals surface area contributed by atoms with Crippen molar-refractivity contribution in [2.45, 2.75) is 66.3 Å². The van der Waals surface area contributed by atoms with Gasteiger partial charge < -0.3 is 25.4 Å². The van der Waals surface area contributed by atoms with Crippen molar-refractivity contribution >= 4 is 23.4 Å². The summed E-state index contributed by atoms with van der Waals surface area (Å²) in [6.07, 6.45) is 0.967. The molecule has 10 heteroatoms. The lowest BCUT2D eigenvalue weighted by molar-refractivity contribution is 0.301. The van der Waals surface area contributed by atoms with Crippen LogP contribution in [-0.2, 0) is 6.54 Å². The highest BCUT2D eigenvalue weighted by Gasteiger charge is 2.18. The Kier molecular flexibility index (Phi) is 8.86. The molecule has 0 saturated heterocycles. The molecular formula is C24H39N9O. The summed E-state index contributed by atoms with van der Waals surface area (Å²) in [4.78, 5) is 13.6. The number of H-pyrrole nitrogens is 1. The first-order valence-electron chi connectivity index (χ1n) is 12.2. The largest absolute Gasteiger partial charge is 0.383 e. The van der Waals surface area contributed by atoms with E-state index in [-0.39, 0.29) is 0 Å². The van der Waals surface area contributed by atoms with Crippen LogP contribution in [0.3, 0.4) is 0 Å². The molecule has 0 amide bonds. The van der Waals surface area contributed by atoms with Crippen molar-refractivity contribution in [3.05, 3.63) is 35.3 Å². The Balaban J connectivity index is 1.81. The molecule has 0 atom stereocenters. The minimum atomic E-state index is 0.308. The molecule has 0 radical (unpaired) electrons. The second-order valence-electron chi connectivity index (χ2n) is 9.07. The van der Waals surface area contributed by atoms with Gasteiger partial charge in [-0.3, -0.25) is 5.10 Å². The van der Waals surface area contributed by atoms with E-state index in [2.05, 4.69) is 83.1 Å².